The highest BCUT2D eigenvalue weighted by Gasteiger charge is 2.53. The van der Waals surface area contributed by atoms with Gasteiger partial charge in [-0.2, -0.15) is 0 Å². The fourth-order valence-electron chi connectivity index (χ4n) is 3.04. The van der Waals surface area contributed by atoms with Crippen LogP contribution in [-0.4, -0.2) is 22.8 Å². The molecule has 0 heterocycles. The lowest BCUT2D eigenvalue weighted by Crippen LogP contribution is -2.51. The van der Waals surface area contributed by atoms with Crippen LogP contribution in [0.15, 0.2) is 48.6 Å². The SMILES string of the molecule is CO[Si](OC)(C1C=CC(c2ccccc2)=C1)C(C)(C)C. The van der Waals surface area contributed by atoms with Gasteiger partial charge in [0, 0.05) is 24.8 Å². The van der Waals surface area contributed by atoms with Gasteiger partial charge in [0.2, 0.25) is 0 Å². The number of benzene rings is 1. The molecule has 3 heteroatoms. The molecule has 1 aromatic carbocycles. The van der Waals surface area contributed by atoms with Gasteiger partial charge in [-0.1, -0.05) is 69.3 Å². The quantitative estimate of drug-likeness (QED) is 0.757. The van der Waals surface area contributed by atoms with Crippen molar-refractivity contribution in [3.63, 3.8) is 0 Å². The van der Waals surface area contributed by atoms with Crippen LogP contribution in [0.25, 0.3) is 5.57 Å². The van der Waals surface area contributed by atoms with Gasteiger partial charge < -0.3 is 8.85 Å². The molecule has 1 aliphatic carbocycles. The Balaban J connectivity index is 2.36. The third kappa shape index (κ3) is 2.53. The third-order valence-corrected chi connectivity index (χ3v) is 8.58. The standard InChI is InChI=1S/C17H24O2Si/c1-17(2,3)20(18-4,19-5)16-12-11-15(13-16)14-9-7-6-8-10-14/h6-13,16H,1-5H3. The van der Waals surface area contributed by atoms with Gasteiger partial charge >= 0.3 is 8.56 Å². The Morgan fingerprint density at radius 2 is 1.60 bits per heavy atom. The van der Waals surface area contributed by atoms with E-state index in [1.807, 2.05) is 6.07 Å². The van der Waals surface area contributed by atoms with Crippen molar-refractivity contribution in [3.05, 3.63) is 54.1 Å². The molecule has 0 aromatic heterocycles. The van der Waals surface area contributed by atoms with E-state index in [4.69, 9.17) is 8.85 Å². The second-order valence-corrected chi connectivity index (χ2v) is 10.5. The zero-order valence-electron chi connectivity index (χ0n) is 13.0. The second kappa shape index (κ2) is 5.68. The average molecular weight is 288 g/mol. The second-order valence-electron chi connectivity index (χ2n) is 6.20. The summed E-state index contributed by atoms with van der Waals surface area (Å²) >= 11 is 0. The van der Waals surface area contributed by atoms with Crippen molar-refractivity contribution in [2.24, 2.45) is 0 Å². The van der Waals surface area contributed by atoms with Crippen LogP contribution >= 0.6 is 0 Å². The molecule has 0 spiro atoms. The van der Waals surface area contributed by atoms with E-state index < -0.39 is 8.56 Å². The molecule has 0 N–H and O–H groups in total. The van der Waals surface area contributed by atoms with Gasteiger partial charge in [-0.3, -0.25) is 0 Å². The Hall–Kier alpha value is -1.16. The molecule has 20 heavy (non-hydrogen) atoms. The topological polar surface area (TPSA) is 18.5 Å². The lowest BCUT2D eigenvalue weighted by Gasteiger charge is -2.41. The van der Waals surface area contributed by atoms with Crippen molar-refractivity contribution >= 4 is 14.1 Å². The van der Waals surface area contributed by atoms with Crippen LogP contribution in [0.4, 0.5) is 0 Å². The highest BCUT2D eigenvalue weighted by Crippen LogP contribution is 2.48. The summed E-state index contributed by atoms with van der Waals surface area (Å²) < 4.78 is 11.9. The van der Waals surface area contributed by atoms with E-state index in [0.717, 1.165) is 0 Å². The summed E-state index contributed by atoms with van der Waals surface area (Å²) in [7, 11) is 1.21. The van der Waals surface area contributed by atoms with Crippen LogP contribution in [0, 0.1) is 0 Å². The summed E-state index contributed by atoms with van der Waals surface area (Å²) in [6, 6.07) is 10.5. The van der Waals surface area contributed by atoms with Gasteiger partial charge in [-0.05, 0) is 11.1 Å². The Morgan fingerprint density at radius 1 is 1.00 bits per heavy atom. The minimum atomic E-state index is -2.35. The minimum Gasteiger partial charge on any atom is -0.397 e. The monoisotopic (exact) mass is 288 g/mol. The molecule has 0 amide bonds. The molecule has 0 saturated heterocycles. The number of rotatable bonds is 4. The summed E-state index contributed by atoms with van der Waals surface area (Å²) in [5.74, 6) is 0. The van der Waals surface area contributed by atoms with E-state index >= 15 is 0 Å². The molecule has 0 saturated carbocycles. The maximum atomic E-state index is 5.94. The Kier molecular flexibility index (Phi) is 4.33. The average Bonchev–Trinajstić information content (AvgIpc) is 2.90. The van der Waals surface area contributed by atoms with Gasteiger partial charge in [0.1, 0.15) is 0 Å². The van der Waals surface area contributed by atoms with Gasteiger partial charge in [-0.15, -0.1) is 0 Å². The maximum Gasteiger partial charge on any atom is 0.354 e. The van der Waals surface area contributed by atoms with Gasteiger partial charge in [0.15, 0.2) is 0 Å². The molecule has 1 aliphatic rings. The van der Waals surface area contributed by atoms with Crippen LogP contribution in [0.3, 0.4) is 0 Å². The number of hydrogen-bond donors (Lipinski definition) is 0. The van der Waals surface area contributed by atoms with Crippen molar-refractivity contribution in [3.8, 4) is 0 Å². The van der Waals surface area contributed by atoms with Crippen molar-refractivity contribution in [2.45, 2.75) is 31.4 Å². The summed E-state index contributed by atoms with van der Waals surface area (Å²) in [5.41, 5.74) is 2.74. The summed E-state index contributed by atoms with van der Waals surface area (Å²) in [5, 5.41) is 0.00808. The normalized spacial score (nSPS) is 19.2. The first kappa shape index (κ1) is 15.2. The Labute approximate surface area is 123 Å². The molecule has 1 atom stereocenters. The van der Waals surface area contributed by atoms with Gasteiger partial charge in [-0.25, -0.2) is 0 Å². The lowest BCUT2D eigenvalue weighted by atomic mass is 10.1. The molecule has 2 nitrogen and oxygen atoms in total. The molecular weight excluding hydrogens is 264 g/mol. The largest absolute Gasteiger partial charge is 0.397 e. The van der Waals surface area contributed by atoms with Gasteiger partial charge in [0.05, 0.1) is 0 Å². The van der Waals surface area contributed by atoms with Crippen LogP contribution in [0.1, 0.15) is 26.3 Å². The molecule has 0 radical (unpaired) electrons. The van der Waals surface area contributed by atoms with E-state index in [1.54, 1.807) is 14.2 Å². The summed E-state index contributed by atoms with van der Waals surface area (Å²) in [6.07, 6.45) is 6.71. The molecule has 2 rings (SSSR count). The van der Waals surface area contributed by atoms with Crippen molar-refractivity contribution in [1.29, 1.82) is 0 Å². The minimum absolute atomic E-state index is 0.00808. The van der Waals surface area contributed by atoms with Crippen molar-refractivity contribution < 1.29 is 8.85 Å². The molecule has 1 unspecified atom stereocenters. The van der Waals surface area contributed by atoms with E-state index in [2.05, 4.69) is 63.3 Å². The zero-order valence-corrected chi connectivity index (χ0v) is 14.0. The van der Waals surface area contributed by atoms with Crippen LogP contribution in [0.2, 0.25) is 10.6 Å². The first-order chi connectivity index (χ1) is 9.44. The number of allylic oxidation sites excluding steroid dienone is 4. The lowest BCUT2D eigenvalue weighted by molar-refractivity contribution is 0.211. The van der Waals surface area contributed by atoms with Crippen LogP contribution in [0.5, 0.6) is 0 Å². The number of hydrogen-bond acceptors (Lipinski definition) is 2. The van der Waals surface area contributed by atoms with Crippen LogP contribution < -0.4 is 0 Å². The maximum absolute atomic E-state index is 5.94. The molecule has 0 bridgehead atoms. The van der Waals surface area contributed by atoms with E-state index in [0.29, 0.717) is 0 Å². The Bertz CT molecular complexity index is 508. The highest BCUT2D eigenvalue weighted by molar-refractivity contribution is 6.73. The van der Waals surface area contributed by atoms with E-state index in [-0.39, 0.29) is 10.6 Å². The predicted octanol–water partition coefficient (Wildman–Crippen LogP) is 4.55. The predicted molar refractivity (Wildman–Crippen MR) is 86.8 cm³/mol. The van der Waals surface area contributed by atoms with Crippen molar-refractivity contribution in [1.82, 2.24) is 0 Å². The highest BCUT2D eigenvalue weighted by atomic mass is 28.4. The summed E-state index contributed by atoms with van der Waals surface area (Å²) in [6.45, 7) is 6.61. The molecule has 108 valence electrons. The van der Waals surface area contributed by atoms with E-state index in [1.165, 1.54) is 11.1 Å². The first-order valence-corrected chi connectivity index (χ1v) is 8.90. The van der Waals surface area contributed by atoms with Crippen molar-refractivity contribution in [2.75, 3.05) is 14.2 Å². The first-order valence-electron chi connectivity index (χ1n) is 7.00. The molecule has 1 aromatic rings. The Morgan fingerprint density at radius 3 is 2.10 bits per heavy atom. The molecular formula is C17H24O2Si. The van der Waals surface area contributed by atoms with Gasteiger partial charge in [0.25, 0.3) is 0 Å². The van der Waals surface area contributed by atoms with E-state index in [9.17, 15) is 0 Å². The summed E-state index contributed by atoms with van der Waals surface area (Å²) in [4.78, 5) is 0. The molecule has 0 fully saturated rings. The fraction of sp³-hybridized carbons (Fsp3) is 0.412. The fourth-order valence-corrected chi connectivity index (χ4v) is 6.72. The molecule has 0 aliphatic heterocycles. The zero-order chi connectivity index (χ0) is 14.8. The third-order valence-electron chi connectivity index (χ3n) is 4.04. The van der Waals surface area contributed by atoms with Crippen LogP contribution in [-0.2, 0) is 8.85 Å². The smallest absolute Gasteiger partial charge is 0.354 e.